The maximum absolute atomic E-state index is 8.36. The van der Waals surface area contributed by atoms with Crippen LogP contribution in [-0.4, -0.2) is 5.75 Å². The molecule has 0 aliphatic heterocycles. The second-order valence-corrected chi connectivity index (χ2v) is 4.06. The molecule has 0 unspecified atom stereocenters. The number of rotatable bonds is 2. The summed E-state index contributed by atoms with van der Waals surface area (Å²) in [7, 11) is 0. The van der Waals surface area contributed by atoms with Crippen LogP contribution in [0.15, 0.2) is 27.6 Å². The van der Waals surface area contributed by atoms with E-state index in [1.54, 1.807) is 0 Å². The van der Waals surface area contributed by atoms with E-state index in [2.05, 4.69) is 22.0 Å². The van der Waals surface area contributed by atoms with Crippen molar-refractivity contribution in [1.82, 2.24) is 0 Å². The first-order valence-electron chi connectivity index (χ1n) is 3.29. The zero-order chi connectivity index (χ0) is 8.97. The predicted molar refractivity (Wildman–Crippen MR) is 54.9 cm³/mol. The van der Waals surface area contributed by atoms with Crippen molar-refractivity contribution in [1.29, 1.82) is 5.26 Å². The van der Waals surface area contributed by atoms with E-state index in [1.165, 1.54) is 11.8 Å². The molecular formula is C8H7BrN2S. The Morgan fingerprint density at radius 1 is 1.58 bits per heavy atom. The van der Waals surface area contributed by atoms with Crippen molar-refractivity contribution < 1.29 is 0 Å². The number of nitriles is 1. The van der Waals surface area contributed by atoms with E-state index in [0.717, 1.165) is 15.1 Å². The lowest BCUT2D eigenvalue weighted by molar-refractivity contribution is 1.43. The third-order valence-electron chi connectivity index (χ3n) is 1.27. The second-order valence-electron chi connectivity index (χ2n) is 2.13. The molecule has 0 saturated carbocycles. The Morgan fingerprint density at radius 2 is 2.33 bits per heavy atom. The summed E-state index contributed by atoms with van der Waals surface area (Å²) in [6.45, 7) is 0. The van der Waals surface area contributed by atoms with Crippen LogP contribution in [0.25, 0.3) is 0 Å². The van der Waals surface area contributed by atoms with Crippen molar-refractivity contribution >= 4 is 33.4 Å². The molecule has 0 fully saturated rings. The molecule has 2 N–H and O–H groups in total. The Kier molecular flexibility index (Phi) is 3.45. The normalized spacial score (nSPS) is 9.33. The quantitative estimate of drug-likeness (QED) is 0.641. The molecule has 2 nitrogen and oxygen atoms in total. The maximum Gasteiger partial charge on any atom is 0.0856 e. The fourth-order valence-corrected chi connectivity index (χ4v) is 1.92. The van der Waals surface area contributed by atoms with Crippen molar-refractivity contribution in [3.05, 3.63) is 22.7 Å². The summed E-state index contributed by atoms with van der Waals surface area (Å²) in [5.41, 5.74) is 6.40. The van der Waals surface area contributed by atoms with Gasteiger partial charge >= 0.3 is 0 Å². The Bertz CT molecular complexity index is 319. The largest absolute Gasteiger partial charge is 0.398 e. The minimum absolute atomic E-state index is 0.431. The minimum Gasteiger partial charge on any atom is -0.398 e. The topological polar surface area (TPSA) is 49.8 Å². The van der Waals surface area contributed by atoms with E-state index in [-0.39, 0.29) is 0 Å². The number of hydrogen-bond acceptors (Lipinski definition) is 3. The lowest BCUT2D eigenvalue weighted by Gasteiger charge is -2.02. The van der Waals surface area contributed by atoms with Crippen molar-refractivity contribution in [2.75, 3.05) is 11.5 Å². The molecule has 0 amide bonds. The average molecular weight is 243 g/mol. The van der Waals surface area contributed by atoms with Crippen molar-refractivity contribution in [2.45, 2.75) is 4.90 Å². The Balaban J connectivity index is 2.84. The van der Waals surface area contributed by atoms with E-state index < -0.39 is 0 Å². The van der Waals surface area contributed by atoms with Gasteiger partial charge in [-0.2, -0.15) is 5.26 Å². The smallest absolute Gasteiger partial charge is 0.0856 e. The summed E-state index contributed by atoms with van der Waals surface area (Å²) in [5.74, 6) is 0.431. The Hall–Kier alpha value is -0.660. The first-order valence-corrected chi connectivity index (χ1v) is 5.06. The number of hydrogen-bond donors (Lipinski definition) is 1. The fraction of sp³-hybridized carbons (Fsp3) is 0.125. The fourth-order valence-electron chi connectivity index (χ4n) is 0.743. The van der Waals surface area contributed by atoms with E-state index in [4.69, 9.17) is 11.0 Å². The first kappa shape index (κ1) is 9.43. The molecule has 12 heavy (non-hydrogen) atoms. The van der Waals surface area contributed by atoms with Crippen molar-refractivity contribution in [3.63, 3.8) is 0 Å². The van der Waals surface area contributed by atoms with Gasteiger partial charge in [0.25, 0.3) is 0 Å². The molecule has 0 bridgehead atoms. The second kappa shape index (κ2) is 4.39. The summed E-state index contributed by atoms with van der Waals surface area (Å²) in [5, 5.41) is 8.36. The van der Waals surface area contributed by atoms with E-state index in [9.17, 15) is 0 Å². The van der Waals surface area contributed by atoms with E-state index in [0.29, 0.717) is 5.75 Å². The van der Waals surface area contributed by atoms with Crippen molar-refractivity contribution in [2.24, 2.45) is 0 Å². The summed E-state index contributed by atoms with van der Waals surface area (Å²) in [4.78, 5) is 0.950. The SMILES string of the molecule is N#CCSc1cc(Br)ccc1N. The van der Waals surface area contributed by atoms with Crippen molar-refractivity contribution in [3.8, 4) is 6.07 Å². The lowest BCUT2D eigenvalue weighted by Crippen LogP contribution is -1.88. The van der Waals surface area contributed by atoms with Crippen LogP contribution in [0.4, 0.5) is 5.69 Å². The number of nitrogens with two attached hydrogens (primary N) is 1. The molecule has 1 aromatic carbocycles. The molecule has 0 saturated heterocycles. The molecule has 0 aliphatic rings. The molecule has 0 atom stereocenters. The van der Waals surface area contributed by atoms with Gasteiger partial charge in [0.2, 0.25) is 0 Å². The van der Waals surface area contributed by atoms with Gasteiger partial charge in [-0.1, -0.05) is 15.9 Å². The van der Waals surface area contributed by atoms with E-state index in [1.807, 2.05) is 18.2 Å². The van der Waals surface area contributed by atoms with Crippen LogP contribution in [-0.2, 0) is 0 Å². The molecule has 0 aromatic heterocycles. The molecule has 0 radical (unpaired) electrons. The highest BCUT2D eigenvalue weighted by molar-refractivity contribution is 9.10. The van der Waals surface area contributed by atoms with Gasteiger partial charge in [0, 0.05) is 15.1 Å². The summed E-state index contributed by atoms with van der Waals surface area (Å²) in [6.07, 6.45) is 0. The highest BCUT2D eigenvalue weighted by atomic mass is 79.9. The van der Waals surface area contributed by atoms with Gasteiger partial charge in [-0.25, -0.2) is 0 Å². The van der Waals surface area contributed by atoms with Gasteiger partial charge in [0.1, 0.15) is 0 Å². The molecule has 0 aliphatic carbocycles. The molecule has 0 heterocycles. The zero-order valence-corrected chi connectivity index (χ0v) is 8.65. The van der Waals surface area contributed by atoms with Crippen LogP contribution < -0.4 is 5.73 Å². The summed E-state index contributed by atoms with van der Waals surface area (Å²) < 4.78 is 0.983. The Labute approximate surface area is 83.9 Å². The standard InChI is InChI=1S/C8H7BrN2S/c9-6-1-2-7(11)8(5-6)12-4-3-10/h1-2,5H,4,11H2. The minimum atomic E-state index is 0.431. The van der Waals surface area contributed by atoms with Gasteiger partial charge in [-0.15, -0.1) is 11.8 Å². The molecular weight excluding hydrogens is 236 g/mol. The van der Waals surface area contributed by atoms with Gasteiger partial charge < -0.3 is 5.73 Å². The van der Waals surface area contributed by atoms with Crippen LogP contribution in [0.2, 0.25) is 0 Å². The molecule has 62 valence electrons. The maximum atomic E-state index is 8.36. The third-order valence-corrected chi connectivity index (χ3v) is 2.70. The number of nitrogen functional groups attached to an aromatic ring is 1. The van der Waals surface area contributed by atoms with Gasteiger partial charge in [0.05, 0.1) is 11.8 Å². The van der Waals surface area contributed by atoms with Gasteiger partial charge in [-0.3, -0.25) is 0 Å². The Morgan fingerprint density at radius 3 is 3.00 bits per heavy atom. The molecule has 4 heteroatoms. The molecule has 1 rings (SSSR count). The third kappa shape index (κ3) is 2.43. The van der Waals surface area contributed by atoms with Crippen LogP contribution in [0.5, 0.6) is 0 Å². The van der Waals surface area contributed by atoms with Crippen LogP contribution in [0.1, 0.15) is 0 Å². The number of nitrogens with zero attached hydrogens (tertiary/aromatic N) is 1. The molecule has 1 aromatic rings. The predicted octanol–water partition coefficient (Wildman–Crippen LogP) is 2.65. The molecule has 0 spiro atoms. The summed E-state index contributed by atoms with van der Waals surface area (Å²) in [6, 6.07) is 7.67. The zero-order valence-electron chi connectivity index (χ0n) is 6.25. The number of halogens is 1. The van der Waals surface area contributed by atoms with Crippen LogP contribution in [0.3, 0.4) is 0 Å². The highest BCUT2D eigenvalue weighted by Crippen LogP contribution is 2.27. The monoisotopic (exact) mass is 242 g/mol. The van der Waals surface area contributed by atoms with Gasteiger partial charge in [-0.05, 0) is 18.2 Å². The van der Waals surface area contributed by atoms with E-state index >= 15 is 0 Å². The first-order chi connectivity index (χ1) is 5.74. The average Bonchev–Trinajstić information content (AvgIpc) is 2.07. The van der Waals surface area contributed by atoms with Crippen LogP contribution in [0, 0.1) is 11.3 Å². The summed E-state index contributed by atoms with van der Waals surface area (Å²) >= 11 is 4.78. The van der Waals surface area contributed by atoms with Crippen LogP contribution >= 0.6 is 27.7 Å². The highest BCUT2D eigenvalue weighted by Gasteiger charge is 1.99. The number of benzene rings is 1. The lowest BCUT2D eigenvalue weighted by atomic mass is 10.3. The number of anilines is 1. The number of thioether (sulfide) groups is 1. The van der Waals surface area contributed by atoms with Gasteiger partial charge in [0.15, 0.2) is 0 Å².